The number of piperidine rings is 3. The molecule has 4 heteroatoms. The second kappa shape index (κ2) is 5.92. The van der Waals surface area contributed by atoms with E-state index in [2.05, 4.69) is 4.90 Å². The number of fused-ring (bicyclic) bond motifs is 4. The summed E-state index contributed by atoms with van der Waals surface area (Å²) in [6.45, 7) is 6.03. The highest BCUT2D eigenvalue weighted by Gasteiger charge is 2.40. The molecule has 2 bridgehead atoms. The van der Waals surface area contributed by atoms with Gasteiger partial charge in [-0.3, -0.25) is 0 Å². The standard InChI is InChI=1S/C20H25NO3/c1-14-17(23-2)6-4-15-3-5-16(18(14)15)19(22)24-13-20-7-10-21(11-8-20)12-9-20/h4-6H,3,7-13H2,1-2H3. The summed E-state index contributed by atoms with van der Waals surface area (Å²) in [6.07, 6.45) is 6.26. The van der Waals surface area contributed by atoms with E-state index in [-0.39, 0.29) is 11.4 Å². The van der Waals surface area contributed by atoms with Crippen molar-refractivity contribution < 1.29 is 14.3 Å². The Kier molecular flexibility index (Phi) is 3.87. The van der Waals surface area contributed by atoms with Crippen LogP contribution in [-0.2, 0) is 16.0 Å². The molecule has 0 saturated carbocycles. The van der Waals surface area contributed by atoms with Crippen LogP contribution in [0.4, 0.5) is 0 Å². The number of benzene rings is 1. The Balaban J connectivity index is 1.49. The van der Waals surface area contributed by atoms with Crippen molar-refractivity contribution in [2.45, 2.75) is 32.6 Å². The van der Waals surface area contributed by atoms with E-state index in [0.29, 0.717) is 12.2 Å². The van der Waals surface area contributed by atoms with Crippen LogP contribution < -0.4 is 4.74 Å². The molecule has 0 N–H and O–H groups in total. The third-order valence-corrected chi connectivity index (χ3v) is 6.12. The normalized spacial score (nSPS) is 27.6. The summed E-state index contributed by atoms with van der Waals surface area (Å²) in [5.74, 6) is 0.653. The van der Waals surface area contributed by atoms with Gasteiger partial charge < -0.3 is 14.4 Å². The molecule has 4 aliphatic rings. The zero-order valence-corrected chi connectivity index (χ0v) is 14.6. The van der Waals surface area contributed by atoms with Gasteiger partial charge in [0, 0.05) is 5.41 Å². The van der Waals surface area contributed by atoms with E-state index in [9.17, 15) is 4.79 Å². The topological polar surface area (TPSA) is 38.8 Å². The van der Waals surface area contributed by atoms with E-state index < -0.39 is 0 Å². The first-order valence-electron chi connectivity index (χ1n) is 8.88. The summed E-state index contributed by atoms with van der Waals surface area (Å²) in [5.41, 5.74) is 4.15. The van der Waals surface area contributed by atoms with Crippen LogP contribution in [0.1, 0.15) is 36.0 Å². The quantitative estimate of drug-likeness (QED) is 0.797. The summed E-state index contributed by atoms with van der Waals surface area (Å²) in [5, 5.41) is 0. The van der Waals surface area contributed by atoms with Crippen LogP contribution in [-0.4, -0.2) is 44.2 Å². The molecule has 5 rings (SSSR count). The molecule has 0 radical (unpaired) electrons. The second-order valence-electron chi connectivity index (χ2n) is 7.42. The van der Waals surface area contributed by atoms with Crippen molar-refractivity contribution in [1.82, 2.24) is 4.90 Å². The number of esters is 1. The molecule has 1 aliphatic carbocycles. The number of allylic oxidation sites excluding steroid dienone is 1. The zero-order chi connectivity index (χ0) is 16.7. The van der Waals surface area contributed by atoms with Gasteiger partial charge in [0.1, 0.15) is 5.75 Å². The Morgan fingerprint density at radius 1 is 1.21 bits per heavy atom. The Bertz CT molecular complexity index is 685. The first-order valence-corrected chi connectivity index (χ1v) is 8.88. The highest BCUT2D eigenvalue weighted by molar-refractivity contribution is 6.18. The second-order valence-corrected chi connectivity index (χ2v) is 7.42. The molecule has 3 fully saturated rings. The number of methoxy groups -OCH3 is 1. The molecule has 0 amide bonds. The lowest BCUT2D eigenvalue weighted by atomic mass is 9.73. The van der Waals surface area contributed by atoms with Crippen LogP contribution in [0.25, 0.3) is 5.57 Å². The Hall–Kier alpha value is -1.81. The maximum atomic E-state index is 12.7. The smallest absolute Gasteiger partial charge is 0.338 e. The molecule has 0 unspecified atom stereocenters. The summed E-state index contributed by atoms with van der Waals surface area (Å²) in [6, 6.07) is 4.03. The average Bonchev–Trinajstić information content (AvgIpc) is 3.07. The number of hydrogen-bond donors (Lipinski definition) is 0. The minimum absolute atomic E-state index is 0.174. The number of hydrogen-bond acceptors (Lipinski definition) is 4. The highest BCUT2D eigenvalue weighted by atomic mass is 16.5. The molecule has 0 atom stereocenters. The van der Waals surface area contributed by atoms with Crippen molar-refractivity contribution in [2.75, 3.05) is 33.4 Å². The van der Waals surface area contributed by atoms with Gasteiger partial charge in [-0.05, 0) is 75.0 Å². The average molecular weight is 327 g/mol. The summed E-state index contributed by atoms with van der Waals surface area (Å²) in [4.78, 5) is 15.2. The Morgan fingerprint density at radius 2 is 1.92 bits per heavy atom. The van der Waals surface area contributed by atoms with Crippen molar-refractivity contribution in [3.63, 3.8) is 0 Å². The zero-order valence-electron chi connectivity index (χ0n) is 14.6. The number of carbonyl (C=O) groups excluding carboxylic acids is 1. The third-order valence-electron chi connectivity index (χ3n) is 6.12. The Labute approximate surface area is 143 Å². The minimum atomic E-state index is -0.174. The predicted molar refractivity (Wildman–Crippen MR) is 93.1 cm³/mol. The van der Waals surface area contributed by atoms with Gasteiger partial charge in [-0.2, -0.15) is 0 Å². The number of nitrogens with zero attached hydrogens (tertiary/aromatic N) is 1. The molecule has 4 nitrogen and oxygen atoms in total. The van der Waals surface area contributed by atoms with E-state index in [1.54, 1.807) is 7.11 Å². The highest BCUT2D eigenvalue weighted by Crippen LogP contribution is 2.41. The summed E-state index contributed by atoms with van der Waals surface area (Å²) >= 11 is 0. The first-order chi connectivity index (χ1) is 11.6. The molecule has 0 aromatic heterocycles. The fourth-order valence-electron chi connectivity index (χ4n) is 4.42. The lowest BCUT2D eigenvalue weighted by molar-refractivity contribution is -0.143. The molecule has 3 heterocycles. The first kappa shape index (κ1) is 15.7. The number of ether oxygens (including phenoxy) is 2. The van der Waals surface area contributed by atoms with E-state index in [1.165, 1.54) is 5.56 Å². The maximum Gasteiger partial charge on any atom is 0.338 e. The van der Waals surface area contributed by atoms with Crippen LogP contribution in [0.5, 0.6) is 5.75 Å². The van der Waals surface area contributed by atoms with Gasteiger partial charge in [-0.25, -0.2) is 4.79 Å². The molecular formula is C20H25NO3. The SMILES string of the molecule is COc1ccc2c(c1C)C(C(=O)OCC13CCN(CC1)CC3)=CC2. The van der Waals surface area contributed by atoms with Crippen molar-refractivity contribution in [3.8, 4) is 5.75 Å². The minimum Gasteiger partial charge on any atom is -0.496 e. The van der Waals surface area contributed by atoms with Crippen LogP contribution in [0, 0.1) is 12.3 Å². The van der Waals surface area contributed by atoms with E-state index in [4.69, 9.17) is 9.47 Å². The molecular weight excluding hydrogens is 302 g/mol. The van der Waals surface area contributed by atoms with Gasteiger partial charge in [-0.1, -0.05) is 12.1 Å². The Morgan fingerprint density at radius 3 is 2.58 bits per heavy atom. The van der Waals surface area contributed by atoms with E-state index in [1.807, 2.05) is 25.1 Å². The van der Waals surface area contributed by atoms with Gasteiger partial charge in [0.25, 0.3) is 0 Å². The summed E-state index contributed by atoms with van der Waals surface area (Å²) in [7, 11) is 1.67. The van der Waals surface area contributed by atoms with Gasteiger partial charge in [0.15, 0.2) is 0 Å². The van der Waals surface area contributed by atoms with E-state index >= 15 is 0 Å². The van der Waals surface area contributed by atoms with Gasteiger partial charge >= 0.3 is 5.97 Å². The maximum absolute atomic E-state index is 12.7. The van der Waals surface area contributed by atoms with Crippen molar-refractivity contribution in [3.05, 3.63) is 34.9 Å². The predicted octanol–water partition coefficient (Wildman–Crippen LogP) is 2.97. The summed E-state index contributed by atoms with van der Waals surface area (Å²) < 4.78 is 11.2. The molecule has 1 aromatic rings. The van der Waals surface area contributed by atoms with Crippen LogP contribution >= 0.6 is 0 Å². The lowest BCUT2D eigenvalue weighted by Crippen LogP contribution is -2.50. The van der Waals surface area contributed by atoms with Gasteiger partial charge in [0.05, 0.1) is 19.3 Å². The molecule has 24 heavy (non-hydrogen) atoms. The molecule has 128 valence electrons. The molecule has 3 saturated heterocycles. The van der Waals surface area contributed by atoms with Crippen molar-refractivity contribution >= 4 is 11.5 Å². The monoisotopic (exact) mass is 327 g/mol. The van der Waals surface area contributed by atoms with E-state index in [0.717, 1.165) is 62.2 Å². The van der Waals surface area contributed by atoms with Crippen LogP contribution in [0.2, 0.25) is 0 Å². The molecule has 0 spiro atoms. The number of rotatable bonds is 4. The van der Waals surface area contributed by atoms with Crippen LogP contribution in [0.15, 0.2) is 18.2 Å². The largest absolute Gasteiger partial charge is 0.496 e. The van der Waals surface area contributed by atoms with Crippen LogP contribution in [0.3, 0.4) is 0 Å². The van der Waals surface area contributed by atoms with Crippen molar-refractivity contribution in [1.29, 1.82) is 0 Å². The molecule has 1 aromatic carbocycles. The third kappa shape index (κ3) is 2.53. The van der Waals surface area contributed by atoms with Gasteiger partial charge in [-0.15, -0.1) is 0 Å². The number of carbonyl (C=O) groups is 1. The lowest BCUT2D eigenvalue weighted by Gasteiger charge is -2.47. The van der Waals surface area contributed by atoms with Crippen molar-refractivity contribution in [2.24, 2.45) is 5.41 Å². The fourth-order valence-corrected chi connectivity index (χ4v) is 4.42. The fraction of sp³-hybridized carbons (Fsp3) is 0.550. The molecule has 3 aliphatic heterocycles. The van der Waals surface area contributed by atoms with Gasteiger partial charge in [0.2, 0.25) is 0 Å².